The van der Waals surface area contributed by atoms with Gasteiger partial charge in [0.1, 0.15) is 0 Å². The Hall–Kier alpha value is -3.19. The maximum Gasteiger partial charge on any atom is 0.0722 e. The molecule has 0 aliphatic heterocycles. The van der Waals surface area contributed by atoms with Gasteiger partial charge in [-0.05, 0) is 47.0 Å². The Morgan fingerprint density at radius 2 is 1.28 bits per heavy atom. The average molecular weight is 319 g/mol. The van der Waals surface area contributed by atoms with Crippen molar-refractivity contribution in [1.29, 1.82) is 0 Å². The van der Waals surface area contributed by atoms with Crippen molar-refractivity contribution in [3.63, 3.8) is 0 Å². The van der Waals surface area contributed by atoms with Gasteiger partial charge in [-0.2, -0.15) is 0 Å². The fourth-order valence-corrected chi connectivity index (χ4v) is 3.72. The molecule has 4 aromatic carbocycles. The van der Waals surface area contributed by atoms with Gasteiger partial charge < -0.3 is 0 Å². The zero-order chi connectivity index (χ0) is 16.8. The number of nitrogens with zero attached hydrogens (tertiary/aromatic N) is 1. The Kier molecular flexibility index (Phi) is 3.07. The molecule has 1 heteroatoms. The summed E-state index contributed by atoms with van der Waals surface area (Å²) in [4.78, 5) is 4.94. The first kappa shape index (κ1) is 14.2. The molecular weight excluding hydrogens is 302 g/mol. The molecule has 1 nitrogen and oxygen atoms in total. The number of hydrogen-bond donors (Lipinski definition) is 0. The first-order valence-corrected chi connectivity index (χ1v) is 8.58. The zero-order valence-corrected chi connectivity index (χ0v) is 14.0. The average Bonchev–Trinajstić information content (AvgIpc) is 2.65. The Balaban J connectivity index is 2.03. The molecule has 0 aliphatic rings. The van der Waals surface area contributed by atoms with Crippen LogP contribution in [0.4, 0.5) is 0 Å². The third-order valence-corrected chi connectivity index (χ3v) is 4.96. The lowest BCUT2D eigenvalue weighted by Gasteiger charge is -2.14. The van der Waals surface area contributed by atoms with E-state index in [1.807, 2.05) is 0 Å². The molecule has 25 heavy (non-hydrogen) atoms. The molecule has 118 valence electrons. The van der Waals surface area contributed by atoms with Gasteiger partial charge in [-0.3, -0.25) is 0 Å². The van der Waals surface area contributed by atoms with Gasteiger partial charge in [0.05, 0.1) is 11.0 Å². The van der Waals surface area contributed by atoms with Gasteiger partial charge >= 0.3 is 0 Å². The van der Waals surface area contributed by atoms with Gasteiger partial charge in [-0.15, -0.1) is 0 Å². The van der Waals surface area contributed by atoms with Gasteiger partial charge in [0.2, 0.25) is 0 Å². The summed E-state index contributed by atoms with van der Waals surface area (Å²) in [7, 11) is 0. The highest BCUT2D eigenvalue weighted by atomic mass is 14.7. The molecule has 0 unspecified atom stereocenters. The minimum absolute atomic E-state index is 1.04. The lowest BCUT2D eigenvalue weighted by Crippen LogP contribution is -1.91. The lowest BCUT2D eigenvalue weighted by atomic mass is 9.92. The molecular formula is C24H17N. The second-order valence-electron chi connectivity index (χ2n) is 6.54. The predicted octanol–water partition coefficient (Wildman–Crippen LogP) is 6.52. The van der Waals surface area contributed by atoms with Crippen molar-refractivity contribution in [2.45, 2.75) is 6.92 Å². The first-order chi connectivity index (χ1) is 12.3. The van der Waals surface area contributed by atoms with Crippen LogP contribution in [0.15, 0.2) is 84.9 Å². The summed E-state index contributed by atoms with van der Waals surface area (Å²) in [6.45, 7) is 2.18. The minimum atomic E-state index is 1.04. The Morgan fingerprint density at radius 3 is 2.12 bits per heavy atom. The smallest absolute Gasteiger partial charge is 0.0722 e. The molecule has 0 amide bonds. The van der Waals surface area contributed by atoms with E-state index in [2.05, 4.69) is 91.9 Å². The molecule has 0 atom stereocenters. The topological polar surface area (TPSA) is 12.9 Å². The van der Waals surface area contributed by atoms with Gasteiger partial charge in [0.15, 0.2) is 0 Å². The molecule has 1 aromatic heterocycles. The molecule has 0 radical (unpaired) electrons. The van der Waals surface area contributed by atoms with Crippen LogP contribution in [0.5, 0.6) is 0 Å². The Bertz CT molecular complexity index is 1250. The van der Waals surface area contributed by atoms with Crippen molar-refractivity contribution in [2.24, 2.45) is 0 Å². The van der Waals surface area contributed by atoms with E-state index >= 15 is 0 Å². The minimum Gasteiger partial charge on any atom is -0.248 e. The number of pyridine rings is 1. The van der Waals surface area contributed by atoms with Crippen LogP contribution in [-0.4, -0.2) is 4.98 Å². The van der Waals surface area contributed by atoms with Crippen LogP contribution in [0.1, 0.15) is 5.56 Å². The van der Waals surface area contributed by atoms with Crippen LogP contribution in [0.2, 0.25) is 0 Å². The second kappa shape index (κ2) is 5.42. The van der Waals surface area contributed by atoms with E-state index in [4.69, 9.17) is 4.98 Å². The highest BCUT2D eigenvalue weighted by molar-refractivity contribution is 6.13. The second-order valence-corrected chi connectivity index (χ2v) is 6.54. The monoisotopic (exact) mass is 319 g/mol. The number of fused-ring (bicyclic) bond motifs is 3. The molecule has 0 N–H and O–H groups in total. The largest absolute Gasteiger partial charge is 0.248 e. The van der Waals surface area contributed by atoms with Crippen molar-refractivity contribution in [1.82, 2.24) is 4.98 Å². The van der Waals surface area contributed by atoms with E-state index in [0.717, 1.165) is 11.0 Å². The summed E-state index contributed by atoms with van der Waals surface area (Å²) in [5.41, 5.74) is 5.94. The van der Waals surface area contributed by atoms with E-state index in [1.54, 1.807) is 0 Å². The number of hydrogen-bond acceptors (Lipinski definition) is 1. The molecule has 1 heterocycles. The Labute approximate surface area is 146 Å². The van der Waals surface area contributed by atoms with Crippen LogP contribution < -0.4 is 0 Å². The molecule has 5 aromatic rings. The molecule has 0 saturated heterocycles. The molecule has 0 fully saturated rings. The van der Waals surface area contributed by atoms with Crippen molar-refractivity contribution in [3.05, 3.63) is 90.5 Å². The number of aryl methyl sites for hydroxylation is 1. The van der Waals surface area contributed by atoms with Crippen molar-refractivity contribution in [3.8, 4) is 11.1 Å². The standard InChI is InChI=1S/C24H17N/c1-16-8-2-5-11-19(16)24-20-12-6-7-13-22(20)25-23-15-18-10-4-3-9-17(18)14-21(23)24/h2-15H,1H3. The quantitative estimate of drug-likeness (QED) is 0.321. The van der Waals surface area contributed by atoms with E-state index in [9.17, 15) is 0 Å². The van der Waals surface area contributed by atoms with Crippen LogP contribution in [0, 0.1) is 6.92 Å². The highest BCUT2D eigenvalue weighted by Crippen LogP contribution is 2.37. The number of aromatic nitrogens is 1. The fraction of sp³-hybridized carbons (Fsp3) is 0.0417. The fourth-order valence-electron chi connectivity index (χ4n) is 3.72. The van der Waals surface area contributed by atoms with Gasteiger partial charge in [-0.25, -0.2) is 4.98 Å². The maximum atomic E-state index is 4.94. The summed E-state index contributed by atoms with van der Waals surface area (Å²) >= 11 is 0. The van der Waals surface area contributed by atoms with Gasteiger partial charge in [0.25, 0.3) is 0 Å². The van der Waals surface area contributed by atoms with E-state index in [0.29, 0.717) is 0 Å². The predicted molar refractivity (Wildman–Crippen MR) is 107 cm³/mol. The molecule has 0 bridgehead atoms. The zero-order valence-electron chi connectivity index (χ0n) is 14.0. The van der Waals surface area contributed by atoms with Crippen LogP contribution in [0.25, 0.3) is 43.7 Å². The van der Waals surface area contributed by atoms with E-state index in [-0.39, 0.29) is 0 Å². The molecule has 0 aliphatic carbocycles. The van der Waals surface area contributed by atoms with Gasteiger partial charge in [-0.1, -0.05) is 66.7 Å². The van der Waals surface area contributed by atoms with Crippen molar-refractivity contribution >= 4 is 32.6 Å². The highest BCUT2D eigenvalue weighted by Gasteiger charge is 2.13. The van der Waals surface area contributed by atoms with Crippen molar-refractivity contribution in [2.75, 3.05) is 0 Å². The summed E-state index contributed by atoms with van der Waals surface area (Å²) in [6.07, 6.45) is 0. The number of para-hydroxylation sites is 1. The molecule has 5 rings (SSSR count). The summed E-state index contributed by atoms with van der Waals surface area (Å²) < 4.78 is 0. The number of benzene rings is 4. The first-order valence-electron chi connectivity index (χ1n) is 8.58. The SMILES string of the molecule is Cc1ccccc1-c1c2ccccc2nc2cc3ccccc3cc12. The maximum absolute atomic E-state index is 4.94. The van der Waals surface area contributed by atoms with E-state index in [1.165, 1.54) is 38.2 Å². The van der Waals surface area contributed by atoms with Crippen LogP contribution in [0.3, 0.4) is 0 Å². The molecule has 0 spiro atoms. The normalized spacial score (nSPS) is 11.4. The lowest BCUT2D eigenvalue weighted by molar-refractivity contribution is 1.46. The summed E-state index contributed by atoms with van der Waals surface area (Å²) in [5.74, 6) is 0. The molecule has 0 saturated carbocycles. The van der Waals surface area contributed by atoms with Gasteiger partial charge in [0, 0.05) is 16.3 Å². The van der Waals surface area contributed by atoms with E-state index < -0.39 is 0 Å². The van der Waals surface area contributed by atoms with Crippen LogP contribution in [-0.2, 0) is 0 Å². The van der Waals surface area contributed by atoms with Crippen molar-refractivity contribution < 1.29 is 0 Å². The van der Waals surface area contributed by atoms with Crippen LogP contribution >= 0.6 is 0 Å². The third-order valence-electron chi connectivity index (χ3n) is 4.96. The summed E-state index contributed by atoms with van der Waals surface area (Å²) in [5, 5.41) is 4.90. The Morgan fingerprint density at radius 1 is 0.600 bits per heavy atom. The number of rotatable bonds is 1. The third kappa shape index (κ3) is 2.20. The summed E-state index contributed by atoms with van der Waals surface area (Å²) in [6, 6.07) is 30.0.